The van der Waals surface area contributed by atoms with Crippen LogP contribution in [0.1, 0.15) is 126 Å². The Labute approximate surface area is 261 Å². The maximum atomic E-state index is 14.5. The molecule has 0 amide bonds. The Morgan fingerprint density at radius 3 is 1.73 bits per heavy atom. The number of hydrogen-bond donors (Lipinski definition) is 0. The summed E-state index contributed by atoms with van der Waals surface area (Å²) in [6, 6.07) is 10.8. The lowest BCUT2D eigenvalue weighted by molar-refractivity contribution is 0.104. The van der Waals surface area contributed by atoms with Crippen molar-refractivity contribution in [1.82, 2.24) is 14.4 Å². The highest BCUT2D eigenvalue weighted by molar-refractivity contribution is 6.36. The first-order chi connectivity index (χ1) is 22.2. The lowest BCUT2D eigenvalue weighted by Gasteiger charge is -2.38. The first-order valence-corrected chi connectivity index (χ1v) is 17.9. The van der Waals surface area contributed by atoms with Crippen LogP contribution in [0.3, 0.4) is 0 Å². The SMILES string of the molecule is O=C1c2ccccc2-c2cc3c4c5c(ncc4n4c6cnc7c(c6c(c21)c34)C1CC2CC(CC7C2)C1)C1CC2CC(C1)CC5C2. The summed E-state index contributed by atoms with van der Waals surface area (Å²) in [4.78, 5) is 25.3. The molecule has 4 unspecified atom stereocenters. The maximum absolute atomic E-state index is 14.5. The molecule has 0 N–H and O–H groups in total. The fourth-order valence-corrected chi connectivity index (χ4v) is 13.3. The van der Waals surface area contributed by atoms with Crippen molar-refractivity contribution in [3.63, 3.8) is 0 Å². The Bertz CT molecular complexity index is 2350. The Morgan fingerprint density at radius 2 is 1.11 bits per heavy atom. The van der Waals surface area contributed by atoms with Gasteiger partial charge in [-0.2, -0.15) is 0 Å². The molecule has 0 spiro atoms. The molecule has 4 nitrogen and oxygen atoms in total. The lowest BCUT2D eigenvalue weighted by atomic mass is 9.67. The zero-order valence-corrected chi connectivity index (χ0v) is 25.5. The topological polar surface area (TPSA) is 47.3 Å². The van der Waals surface area contributed by atoms with Crippen LogP contribution in [-0.4, -0.2) is 20.2 Å². The van der Waals surface area contributed by atoms with Crippen molar-refractivity contribution in [2.75, 3.05) is 0 Å². The van der Waals surface area contributed by atoms with Crippen molar-refractivity contribution in [2.45, 2.75) is 87.9 Å². The third-order valence-corrected chi connectivity index (χ3v) is 14.3. The first-order valence-electron chi connectivity index (χ1n) is 17.9. The summed E-state index contributed by atoms with van der Waals surface area (Å²) in [5.74, 6) is 5.91. The average Bonchev–Trinajstić information content (AvgIpc) is 3.56. The Balaban J connectivity index is 1.24. The van der Waals surface area contributed by atoms with E-state index in [-0.39, 0.29) is 5.78 Å². The van der Waals surface area contributed by atoms with Crippen LogP contribution in [-0.2, 0) is 0 Å². The standard InChI is InChI=1S/C41H35N3O/c45-41-27-4-2-1-3-26(27)28-15-29-34-30(16-42-38-24-11-18-5-19(12-24)8-22(7-18)32(34)38)44-31-17-43-39-25-13-20-6-21(14-25)10-23(9-20)33(39)36(31)37(35(28)41)40(29)44/h1-4,15-25H,5-14H2. The van der Waals surface area contributed by atoms with Crippen molar-refractivity contribution in [3.8, 4) is 11.1 Å². The van der Waals surface area contributed by atoms with Crippen LogP contribution in [0.15, 0.2) is 42.7 Å². The van der Waals surface area contributed by atoms with Gasteiger partial charge in [-0.05, 0) is 128 Å². The largest absolute Gasteiger partial charge is 0.305 e. The van der Waals surface area contributed by atoms with E-state index in [1.165, 1.54) is 119 Å². The highest BCUT2D eigenvalue weighted by atomic mass is 16.1. The molecule has 4 fully saturated rings. The van der Waals surface area contributed by atoms with E-state index in [0.29, 0.717) is 23.7 Å². The van der Waals surface area contributed by atoms with E-state index in [1.807, 2.05) is 6.07 Å². The molecule has 9 aliphatic rings. The first kappa shape index (κ1) is 23.5. The molecule has 2 aromatic carbocycles. The van der Waals surface area contributed by atoms with Crippen molar-refractivity contribution in [3.05, 3.63) is 76.4 Å². The number of carbonyl (C=O) groups excluding carboxylic acids is 1. The minimum Gasteiger partial charge on any atom is -0.305 e. The van der Waals surface area contributed by atoms with Gasteiger partial charge < -0.3 is 4.40 Å². The molecule has 15 rings (SSSR count). The molecule has 4 heteroatoms. The Morgan fingerprint density at radius 1 is 0.578 bits per heavy atom. The zero-order chi connectivity index (χ0) is 28.9. The van der Waals surface area contributed by atoms with Gasteiger partial charge in [0.05, 0.1) is 28.9 Å². The van der Waals surface area contributed by atoms with Crippen LogP contribution in [0.4, 0.5) is 0 Å². The minimum absolute atomic E-state index is 0.208. The predicted molar refractivity (Wildman–Crippen MR) is 177 cm³/mol. The number of hydrogen-bond acceptors (Lipinski definition) is 3. The molecule has 6 aromatic rings. The summed E-state index contributed by atoms with van der Waals surface area (Å²) < 4.78 is 2.53. The molecule has 0 aliphatic heterocycles. The van der Waals surface area contributed by atoms with E-state index in [2.05, 4.69) is 41.1 Å². The van der Waals surface area contributed by atoms with Gasteiger partial charge in [-0.25, -0.2) is 0 Å². The predicted octanol–water partition coefficient (Wildman–Crippen LogP) is 9.62. The monoisotopic (exact) mass is 585 g/mol. The number of pyridine rings is 2. The van der Waals surface area contributed by atoms with Gasteiger partial charge in [0.1, 0.15) is 0 Å². The second-order valence-corrected chi connectivity index (χ2v) is 16.5. The summed E-state index contributed by atoms with van der Waals surface area (Å²) in [7, 11) is 0. The molecule has 4 heterocycles. The van der Waals surface area contributed by atoms with Crippen LogP contribution in [0.5, 0.6) is 0 Å². The van der Waals surface area contributed by atoms with Crippen LogP contribution in [0.25, 0.3) is 49.2 Å². The van der Waals surface area contributed by atoms with Crippen molar-refractivity contribution >= 4 is 43.9 Å². The summed E-state index contributed by atoms with van der Waals surface area (Å²) in [6.45, 7) is 0. The summed E-state index contributed by atoms with van der Waals surface area (Å²) in [6.07, 6.45) is 17.7. The van der Waals surface area contributed by atoms with Gasteiger partial charge in [0.25, 0.3) is 0 Å². The van der Waals surface area contributed by atoms with Gasteiger partial charge in [0, 0.05) is 55.9 Å². The zero-order valence-electron chi connectivity index (χ0n) is 25.5. The van der Waals surface area contributed by atoms with Crippen molar-refractivity contribution in [1.29, 1.82) is 0 Å². The van der Waals surface area contributed by atoms with Crippen LogP contribution < -0.4 is 0 Å². The van der Waals surface area contributed by atoms with Crippen molar-refractivity contribution in [2.24, 2.45) is 23.7 Å². The van der Waals surface area contributed by atoms with Crippen LogP contribution in [0, 0.1) is 23.7 Å². The van der Waals surface area contributed by atoms with Crippen LogP contribution in [0.2, 0.25) is 0 Å². The van der Waals surface area contributed by atoms with Gasteiger partial charge in [-0.3, -0.25) is 14.8 Å². The molecule has 0 radical (unpaired) electrons. The number of benzene rings is 2. The number of ketones is 1. The summed E-state index contributed by atoms with van der Waals surface area (Å²) in [5.41, 5.74) is 13.7. The minimum atomic E-state index is 0.208. The fourth-order valence-electron chi connectivity index (χ4n) is 13.3. The summed E-state index contributed by atoms with van der Waals surface area (Å²) >= 11 is 0. The third kappa shape index (κ3) is 2.64. The van der Waals surface area contributed by atoms with E-state index in [0.717, 1.165) is 45.9 Å². The molecule has 0 saturated heterocycles. The molecular weight excluding hydrogens is 550 g/mol. The number of rotatable bonds is 0. The van der Waals surface area contributed by atoms with Gasteiger partial charge in [0.15, 0.2) is 5.78 Å². The van der Waals surface area contributed by atoms with E-state index in [4.69, 9.17) is 9.97 Å². The van der Waals surface area contributed by atoms with E-state index >= 15 is 0 Å². The molecule has 4 saturated carbocycles. The second-order valence-electron chi connectivity index (χ2n) is 16.5. The quantitative estimate of drug-likeness (QED) is 0.178. The Kier molecular flexibility index (Phi) is 3.97. The number of nitrogens with zero attached hydrogens (tertiary/aromatic N) is 3. The molecule has 220 valence electrons. The van der Waals surface area contributed by atoms with Gasteiger partial charge in [-0.1, -0.05) is 24.3 Å². The van der Waals surface area contributed by atoms with E-state index < -0.39 is 0 Å². The molecule has 4 atom stereocenters. The van der Waals surface area contributed by atoms with Crippen LogP contribution >= 0.6 is 0 Å². The highest BCUT2D eigenvalue weighted by Gasteiger charge is 2.47. The second kappa shape index (κ2) is 7.60. The van der Waals surface area contributed by atoms with Crippen molar-refractivity contribution < 1.29 is 4.79 Å². The molecule has 45 heavy (non-hydrogen) atoms. The van der Waals surface area contributed by atoms with E-state index in [9.17, 15) is 4.79 Å². The number of fused-ring (bicyclic) bond motifs is 10. The number of carbonyl (C=O) groups is 1. The third-order valence-electron chi connectivity index (χ3n) is 14.3. The Hall–Kier alpha value is -3.79. The molecule has 4 aromatic heterocycles. The molecule has 8 bridgehead atoms. The van der Waals surface area contributed by atoms with E-state index in [1.54, 1.807) is 5.56 Å². The normalized spacial score (nSPS) is 33.4. The highest BCUT2D eigenvalue weighted by Crippen LogP contribution is 2.61. The smallest absolute Gasteiger partial charge is 0.194 e. The van der Waals surface area contributed by atoms with Gasteiger partial charge in [-0.15, -0.1) is 0 Å². The molecule has 9 aliphatic carbocycles. The summed E-state index contributed by atoms with van der Waals surface area (Å²) in [5, 5.41) is 5.37. The maximum Gasteiger partial charge on any atom is 0.194 e. The van der Waals surface area contributed by atoms with Gasteiger partial charge >= 0.3 is 0 Å². The molecular formula is C41H35N3O. The lowest BCUT2D eigenvalue weighted by Crippen LogP contribution is -2.25. The fraction of sp³-hybridized carbons (Fsp3) is 0.439. The van der Waals surface area contributed by atoms with Gasteiger partial charge in [0.2, 0.25) is 0 Å². The number of aromatic nitrogens is 3. The average molecular weight is 586 g/mol.